The van der Waals surface area contributed by atoms with E-state index in [-0.39, 0.29) is 0 Å². The standard InChI is InChI=1S/C56H67N3S3/c1-6-10-13-16-19-22-26-42-37-44(25-9-4)55-49(39-42)50-40-43(27-23-20-17-14-11-7-2)38-45(56(50)59(55)36-24-21-18-15-12-8-3)29-30-46-31-35-52(61-46)48-33-32-47(51-34-28-41(5)60-51)53-54(48)58-62-57-53/h28,31-35,37-40H,6-8,10-24,26-27,36H2,1-5H3. The maximum absolute atomic E-state index is 4.81. The van der Waals surface area contributed by atoms with E-state index in [1.54, 1.807) is 11.3 Å². The maximum atomic E-state index is 4.81. The van der Waals surface area contributed by atoms with E-state index in [4.69, 9.17) is 8.75 Å². The number of benzene rings is 3. The Morgan fingerprint density at radius 1 is 0.516 bits per heavy atom. The molecule has 6 heteroatoms. The van der Waals surface area contributed by atoms with E-state index in [9.17, 15) is 0 Å². The SMILES string of the molecule is CC#Cc1cc(CCCCCCCC)cc2c3cc(CCCCCCCC)cc(C#Cc4ccc(-c5ccc(-c6ccc(C)s6)c6nsnc56)s4)c3n(CCCCCCCC)c12. The summed E-state index contributed by atoms with van der Waals surface area (Å²) in [5.74, 6) is 14.4. The van der Waals surface area contributed by atoms with Crippen molar-refractivity contribution in [2.45, 2.75) is 170 Å². The molecule has 0 aliphatic carbocycles. The van der Waals surface area contributed by atoms with Crippen molar-refractivity contribution in [2.75, 3.05) is 0 Å². The third-order valence-corrected chi connectivity index (χ3v) is 15.0. The minimum absolute atomic E-state index is 0.977. The predicted octanol–water partition coefficient (Wildman–Crippen LogP) is 17.5. The molecule has 3 nitrogen and oxygen atoms in total. The van der Waals surface area contributed by atoms with Crippen LogP contribution in [-0.4, -0.2) is 13.3 Å². The Hall–Kier alpha value is -4.20. The highest BCUT2D eigenvalue weighted by molar-refractivity contribution is 7.16. The highest BCUT2D eigenvalue weighted by atomic mass is 32.1. The molecule has 4 heterocycles. The highest BCUT2D eigenvalue weighted by Crippen LogP contribution is 2.40. The molecule has 62 heavy (non-hydrogen) atoms. The van der Waals surface area contributed by atoms with Crippen LogP contribution < -0.4 is 0 Å². The number of unbranched alkanes of at least 4 members (excludes halogenated alkanes) is 15. The number of hydrogen-bond donors (Lipinski definition) is 0. The summed E-state index contributed by atoms with van der Waals surface area (Å²) in [5, 5.41) is 2.72. The second-order valence-electron chi connectivity index (χ2n) is 17.4. The van der Waals surface area contributed by atoms with Crippen LogP contribution in [0.1, 0.15) is 175 Å². The van der Waals surface area contributed by atoms with Crippen molar-refractivity contribution in [3.8, 4) is 44.6 Å². The summed E-state index contributed by atoms with van der Waals surface area (Å²) in [4.78, 5) is 4.80. The molecule has 0 saturated heterocycles. The molecular weight excluding hydrogens is 811 g/mol. The average molecular weight is 878 g/mol. The Morgan fingerprint density at radius 3 is 1.55 bits per heavy atom. The molecule has 7 aromatic rings. The van der Waals surface area contributed by atoms with Gasteiger partial charge in [0.2, 0.25) is 0 Å². The Labute approximate surface area is 385 Å². The summed E-state index contributed by atoms with van der Waals surface area (Å²) in [7, 11) is 0. The number of hydrogen-bond acceptors (Lipinski definition) is 5. The molecule has 0 N–H and O–H groups in total. The lowest BCUT2D eigenvalue weighted by Crippen LogP contribution is -2.02. The topological polar surface area (TPSA) is 30.7 Å². The van der Waals surface area contributed by atoms with Gasteiger partial charge in [0.1, 0.15) is 11.0 Å². The van der Waals surface area contributed by atoms with E-state index in [0.717, 1.165) is 58.4 Å². The summed E-state index contributed by atoms with van der Waals surface area (Å²) in [6.07, 6.45) is 25.4. The molecular formula is C56H67N3S3. The molecule has 0 aliphatic heterocycles. The normalized spacial score (nSPS) is 11.4. The van der Waals surface area contributed by atoms with Crippen molar-refractivity contribution in [1.82, 2.24) is 13.3 Å². The molecule has 7 rings (SSSR count). The molecule has 0 unspecified atom stereocenters. The lowest BCUT2D eigenvalue weighted by atomic mass is 9.97. The van der Waals surface area contributed by atoms with Crippen molar-refractivity contribution in [3.63, 3.8) is 0 Å². The first-order valence-electron chi connectivity index (χ1n) is 24.0. The lowest BCUT2D eigenvalue weighted by molar-refractivity contribution is 0.571. The molecule has 0 radical (unpaired) electrons. The van der Waals surface area contributed by atoms with Gasteiger partial charge < -0.3 is 4.57 Å². The lowest BCUT2D eigenvalue weighted by Gasteiger charge is -2.12. The van der Waals surface area contributed by atoms with Crippen molar-refractivity contribution >= 4 is 67.2 Å². The second kappa shape index (κ2) is 23.5. The molecule has 0 saturated carbocycles. The Bertz CT molecular complexity index is 2660. The molecule has 3 aromatic carbocycles. The van der Waals surface area contributed by atoms with Gasteiger partial charge in [0.25, 0.3) is 0 Å². The van der Waals surface area contributed by atoms with Crippen molar-refractivity contribution < 1.29 is 0 Å². The summed E-state index contributed by atoms with van der Waals surface area (Å²) in [6.45, 7) is 12.0. The van der Waals surface area contributed by atoms with Crippen LogP contribution in [0.2, 0.25) is 0 Å². The van der Waals surface area contributed by atoms with Gasteiger partial charge in [-0.3, -0.25) is 0 Å². The number of thiophene rings is 2. The van der Waals surface area contributed by atoms with Crippen LogP contribution in [0.4, 0.5) is 0 Å². The molecule has 0 fully saturated rings. The first-order valence-corrected chi connectivity index (χ1v) is 26.4. The van der Waals surface area contributed by atoms with Crippen LogP contribution in [0, 0.1) is 30.6 Å². The van der Waals surface area contributed by atoms with Gasteiger partial charge in [0, 0.05) is 54.2 Å². The average Bonchev–Trinajstić information content (AvgIpc) is 4.11. The Morgan fingerprint density at radius 2 is 1.02 bits per heavy atom. The minimum atomic E-state index is 0.977. The van der Waals surface area contributed by atoms with Crippen LogP contribution in [-0.2, 0) is 19.4 Å². The number of aryl methyl sites for hydroxylation is 4. The van der Waals surface area contributed by atoms with Crippen molar-refractivity contribution in [3.05, 3.63) is 92.7 Å². The summed E-state index contributed by atoms with van der Waals surface area (Å²) in [5.41, 5.74) is 12.0. The largest absolute Gasteiger partial charge is 0.338 e. The zero-order valence-corrected chi connectivity index (χ0v) is 40.6. The second-order valence-corrected chi connectivity index (χ2v) is 20.3. The first kappa shape index (κ1) is 45.8. The van der Waals surface area contributed by atoms with Crippen molar-refractivity contribution in [2.24, 2.45) is 0 Å². The van der Waals surface area contributed by atoms with Crippen LogP contribution in [0.3, 0.4) is 0 Å². The van der Waals surface area contributed by atoms with Gasteiger partial charge >= 0.3 is 0 Å². The first-order chi connectivity index (χ1) is 30.5. The van der Waals surface area contributed by atoms with Gasteiger partial charge in [0.15, 0.2) is 0 Å². The molecule has 0 atom stereocenters. The van der Waals surface area contributed by atoms with Gasteiger partial charge in [-0.05, 0) is 106 Å². The van der Waals surface area contributed by atoms with E-state index < -0.39 is 0 Å². The zero-order chi connectivity index (χ0) is 43.1. The zero-order valence-electron chi connectivity index (χ0n) is 38.2. The fourth-order valence-electron chi connectivity index (χ4n) is 9.12. The van der Waals surface area contributed by atoms with Gasteiger partial charge in [0.05, 0.1) is 27.6 Å². The number of fused-ring (bicyclic) bond motifs is 4. The molecule has 324 valence electrons. The third-order valence-electron chi connectivity index (χ3n) is 12.4. The quantitative estimate of drug-likeness (QED) is 0.0473. The number of rotatable bonds is 23. The van der Waals surface area contributed by atoms with E-state index in [1.165, 1.54) is 174 Å². The predicted molar refractivity (Wildman–Crippen MR) is 274 cm³/mol. The minimum Gasteiger partial charge on any atom is -0.338 e. The van der Waals surface area contributed by atoms with E-state index >= 15 is 0 Å². The van der Waals surface area contributed by atoms with Crippen LogP contribution in [0.5, 0.6) is 0 Å². The van der Waals surface area contributed by atoms with Crippen LogP contribution in [0.15, 0.2) is 60.7 Å². The Balaban J connectivity index is 1.29. The number of aromatic nitrogens is 3. The fraction of sp³-hybridized carbons (Fsp3) is 0.464. The molecule has 0 amide bonds. The monoisotopic (exact) mass is 877 g/mol. The van der Waals surface area contributed by atoms with Gasteiger partial charge in [-0.1, -0.05) is 147 Å². The van der Waals surface area contributed by atoms with E-state index in [1.807, 2.05) is 18.3 Å². The van der Waals surface area contributed by atoms with Gasteiger partial charge in [-0.15, -0.1) is 28.6 Å². The molecule has 0 bridgehead atoms. The molecule has 0 aliphatic rings. The highest BCUT2D eigenvalue weighted by Gasteiger charge is 2.20. The third kappa shape index (κ3) is 11.5. The summed E-state index contributed by atoms with van der Waals surface area (Å²) >= 11 is 4.87. The molecule has 0 spiro atoms. The van der Waals surface area contributed by atoms with E-state index in [0.29, 0.717) is 0 Å². The van der Waals surface area contributed by atoms with Gasteiger partial charge in [-0.25, -0.2) is 0 Å². The summed E-state index contributed by atoms with van der Waals surface area (Å²) < 4.78 is 12.2. The van der Waals surface area contributed by atoms with Gasteiger partial charge in [-0.2, -0.15) is 8.75 Å². The Kier molecular flexibility index (Phi) is 17.3. The maximum Gasteiger partial charge on any atom is 0.114 e. The van der Waals surface area contributed by atoms with Crippen molar-refractivity contribution in [1.29, 1.82) is 0 Å². The van der Waals surface area contributed by atoms with Crippen LogP contribution in [0.25, 0.3) is 53.7 Å². The van der Waals surface area contributed by atoms with E-state index in [2.05, 4.69) is 117 Å². The summed E-state index contributed by atoms with van der Waals surface area (Å²) in [6, 6.07) is 23.2. The van der Waals surface area contributed by atoms with Crippen LogP contribution >= 0.6 is 34.4 Å². The molecule has 4 aromatic heterocycles. The fourth-order valence-corrected chi connectivity index (χ4v) is 11.5. The number of nitrogens with zero attached hydrogens (tertiary/aromatic N) is 3. The smallest absolute Gasteiger partial charge is 0.114 e.